The van der Waals surface area contributed by atoms with E-state index in [0.29, 0.717) is 5.03 Å². The third kappa shape index (κ3) is 2.40. The Morgan fingerprint density at radius 3 is 2.28 bits per heavy atom. The summed E-state index contributed by atoms with van der Waals surface area (Å²) < 4.78 is 0. The highest BCUT2D eigenvalue weighted by molar-refractivity contribution is 7.99. The molecule has 5 nitrogen and oxygen atoms in total. The Labute approximate surface area is 108 Å². The lowest BCUT2D eigenvalue weighted by molar-refractivity contribution is 1.02. The second kappa shape index (κ2) is 5.17. The zero-order chi connectivity index (χ0) is 13.0. The van der Waals surface area contributed by atoms with Gasteiger partial charge in [0.2, 0.25) is 0 Å². The summed E-state index contributed by atoms with van der Waals surface area (Å²) in [5.74, 6) is 0.0370. The number of nitrogen functional groups attached to an aromatic ring is 1. The molecular weight excluding hydrogens is 246 g/mol. The Morgan fingerprint density at radius 2 is 1.67 bits per heavy atom. The summed E-state index contributed by atoms with van der Waals surface area (Å²) >= 11 is 1.29. The van der Waals surface area contributed by atoms with Crippen molar-refractivity contribution in [1.29, 1.82) is 10.5 Å². The summed E-state index contributed by atoms with van der Waals surface area (Å²) in [5, 5.41) is 18.2. The van der Waals surface area contributed by atoms with Gasteiger partial charge in [-0.05, 0) is 12.1 Å². The highest BCUT2D eigenvalue weighted by atomic mass is 32.2. The second-order valence-electron chi connectivity index (χ2n) is 3.25. The lowest BCUT2D eigenvalue weighted by atomic mass is 10.4. The summed E-state index contributed by atoms with van der Waals surface area (Å²) in [4.78, 5) is 8.84. The van der Waals surface area contributed by atoms with Crippen molar-refractivity contribution in [2.45, 2.75) is 9.92 Å². The van der Waals surface area contributed by atoms with Crippen LogP contribution < -0.4 is 5.73 Å². The van der Waals surface area contributed by atoms with Crippen LogP contribution in [0.3, 0.4) is 0 Å². The highest BCUT2D eigenvalue weighted by Gasteiger charge is 2.12. The molecule has 0 spiro atoms. The number of aromatic nitrogens is 2. The van der Waals surface area contributed by atoms with Gasteiger partial charge in [0, 0.05) is 4.90 Å². The third-order valence-corrected chi connectivity index (χ3v) is 3.05. The largest absolute Gasteiger partial charge is 0.381 e. The van der Waals surface area contributed by atoms with Gasteiger partial charge < -0.3 is 5.73 Å². The maximum atomic E-state index is 8.99. The minimum absolute atomic E-state index is 0.0241. The Morgan fingerprint density at radius 1 is 1.00 bits per heavy atom. The topological polar surface area (TPSA) is 99.4 Å². The minimum Gasteiger partial charge on any atom is -0.381 e. The van der Waals surface area contributed by atoms with Crippen LogP contribution in [-0.4, -0.2) is 9.97 Å². The first-order chi connectivity index (χ1) is 8.74. The zero-order valence-electron chi connectivity index (χ0n) is 9.16. The summed E-state index contributed by atoms with van der Waals surface area (Å²) in [6.07, 6.45) is 0. The van der Waals surface area contributed by atoms with Gasteiger partial charge in [-0.3, -0.25) is 0 Å². The molecule has 86 valence electrons. The van der Waals surface area contributed by atoms with Crippen LogP contribution in [0, 0.1) is 22.7 Å². The molecular formula is C12H7N5S. The summed E-state index contributed by atoms with van der Waals surface area (Å²) in [7, 11) is 0. The monoisotopic (exact) mass is 253 g/mol. The molecule has 0 fully saturated rings. The Bertz CT molecular complexity index is 655. The molecule has 0 aliphatic heterocycles. The molecule has 0 bridgehead atoms. The van der Waals surface area contributed by atoms with E-state index >= 15 is 0 Å². The van der Waals surface area contributed by atoms with Crippen LogP contribution in [0.5, 0.6) is 0 Å². The van der Waals surface area contributed by atoms with E-state index in [2.05, 4.69) is 9.97 Å². The van der Waals surface area contributed by atoms with Gasteiger partial charge in [-0.15, -0.1) is 0 Å². The Hall–Kier alpha value is -2.57. The molecule has 2 aromatic rings. The van der Waals surface area contributed by atoms with Gasteiger partial charge in [-0.1, -0.05) is 30.0 Å². The number of benzene rings is 1. The number of anilines is 1. The molecule has 1 aromatic heterocycles. The van der Waals surface area contributed by atoms with Gasteiger partial charge in [-0.2, -0.15) is 10.5 Å². The fourth-order valence-electron chi connectivity index (χ4n) is 1.26. The van der Waals surface area contributed by atoms with E-state index < -0.39 is 0 Å². The number of rotatable bonds is 2. The molecule has 0 atom stereocenters. The van der Waals surface area contributed by atoms with Crippen LogP contribution in [0.2, 0.25) is 0 Å². The maximum absolute atomic E-state index is 8.99. The van der Waals surface area contributed by atoms with Crippen molar-refractivity contribution in [3.05, 3.63) is 41.7 Å². The van der Waals surface area contributed by atoms with Crippen molar-refractivity contribution >= 4 is 17.6 Å². The van der Waals surface area contributed by atoms with Gasteiger partial charge in [0.05, 0.1) is 0 Å². The minimum atomic E-state index is -0.0241. The van der Waals surface area contributed by atoms with Gasteiger partial charge in [-0.25, -0.2) is 9.97 Å². The first kappa shape index (κ1) is 11.9. The molecule has 1 aromatic carbocycles. The number of nitrogens with zero attached hydrogens (tertiary/aromatic N) is 4. The zero-order valence-corrected chi connectivity index (χ0v) is 9.98. The van der Waals surface area contributed by atoms with E-state index in [1.165, 1.54) is 11.8 Å². The standard InChI is InChI=1S/C12H7N5S/c13-6-9-11(15)17-12(10(7-14)16-9)18-8-4-2-1-3-5-8/h1-5H,(H2,15,17). The maximum Gasteiger partial charge on any atom is 0.184 e. The first-order valence-corrected chi connectivity index (χ1v) is 5.77. The molecule has 0 saturated carbocycles. The van der Waals surface area contributed by atoms with Crippen LogP contribution in [0.1, 0.15) is 11.4 Å². The molecule has 6 heteroatoms. The highest BCUT2D eigenvalue weighted by Crippen LogP contribution is 2.28. The summed E-state index contributed by atoms with van der Waals surface area (Å²) in [6, 6.07) is 13.2. The van der Waals surface area contributed by atoms with Gasteiger partial charge >= 0.3 is 0 Å². The molecule has 0 unspecified atom stereocenters. The Balaban J connectivity index is 2.43. The van der Waals surface area contributed by atoms with Crippen LogP contribution in [0.25, 0.3) is 0 Å². The predicted molar refractivity (Wildman–Crippen MR) is 66.4 cm³/mol. The van der Waals surface area contributed by atoms with Gasteiger partial charge in [0.15, 0.2) is 17.2 Å². The van der Waals surface area contributed by atoms with Crippen molar-refractivity contribution in [1.82, 2.24) is 9.97 Å². The molecule has 0 saturated heterocycles. The lowest BCUT2D eigenvalue weighted by Gasteiger charge is -2.04. The molecule has 1 heterocycles. The van der Waals surface area contributed by atoms with Crippen molar-refractivity contribution in [3.63, 3.8) is 0 Å². The lowest BCUT2D eigenvalue weighted by Crippen LogP contribution is -2.02. The Kier molecular flexibility index (Phi) is 3.42. The number of hydrogen-bond acceptors (Lipinski definition) is 6. The van der Waals surface area contributed by atoms with E-state index in [-0.39, 0.29) is 17.2 Å². The quantitative estimate of drug-likeness (QED) is 0.878. The van der Waals surface area contributed by atoms with E-state index in [1.807, 2.05) is 36.4 Å². The SMILES string of the molecule is N#Cc1nc(C#N)c(Sc2ccccc2)nc1N. The fourth-order valence-corrected chi connectivity index (χ4v) is 2.11. The fraction of sp³-hybridized carbons (Fsp3) is 0. The van der Waals surface area contributed by atoms with E-state index in [0.717, 1.165) is 4.90 Å². The van der Waals surface area contributed by atoms with Crippen molar-refractivity contribution < 1.29 is 0 Å². The van der Waals surface area contributed by atoms with Crippen LogP contribution in [0.4, 0.5) is 5.82 Å². The van der Waals surface area contributed by atoms with Crippen molar-refractivity contribution in [2.24, 2.45) is 0 Å². The smallest absolute Gasteiger partial charge is 0.184 e. The molecule has 18 heavy (non-hydrogen) atoms. The molecule has 2 N–H and O–H groups in total. The van der Waals surface area contributed by atoms with Crippen molar-refractivity contribution in [3.8, 4) is 12.1 Å². The average Bonchev–Trinajstić information content (AvgIpc) is 2.40. The normalized spacial score (nSPS) is 9.44. The van der Waals surface area contributed by atoms with E-state index in [9.17, 15) is 0 Å². The van der Waals surface area contributed by atoms with Crippen molar-refractivity contribution in [2.75, 3.05) is 5.73 Å². The molecule has 2 rings (SSSR count). The first-order valence-electron chi connectivity index (χ1n) is 4.95. The number of nitriles is 2. The second-order valence-corrected chi connectivity index (χ2v) is 4.31. The molecule has 0 aliphatic rings. The predicted octanol–water partition coefficient (Wildman–Crippen LogP) is 1.95. The summed E-state index contributed by atoms with van der Waals surface area (Å²) in [5.41, 5.74) is 5.67. The van der Waals surface area contributed by atoms with E-state index in [1.54, 1.807) is 6.07 Å². The molecule has 0 radical (unpaired) electrons. The number of hydrogen-bond donors (Lipinski definition) is 1. The van der Waals surface area contributed by atoms with Gasteiger partial charge in [0.1, 0.15) is 17.2 Å². The average molecular weight is 253 g/mol. The summed E-state index contributed by atoms with van der Waals surface area (Å²) in [6.45, 7) is 0. The van der Waals surface area contributed by atoms with Crippen LogP contribution >= 0.6 is 11.8 Å². The van der Waals surface area contributed by atoms with Crippen LogP contribution in [-0.2, 0) is 0 Å². The van der Waals surface area contributed by atoms with Gasteiger partial charge in [0.25, 0.3) is 0 Å². The number of nitrogens with two attached hydrogens (primary N) is 1. The van der Waals surface area contributed by atoms with Crippen LogP contribution in [0.15, 0.2) is 40.3 Å². The van der Waals surface area contributed by atoms with E-state index in [4.69, 9.17) is 16.3 Å². The third-order valence-electron chi connectivity index (χ3n) is 2.06. The molecule has 0 amide bonds. The molecule has 0 aliphatic carbocycles.